The summed E-state index contributed by atoms with van der Waals surface area (Å²) >= 11 is 0. The zero-order valence-corrected chi connectivity index (χ0v) is 18.0. The van der Waals surface area contributed by atoms with Gasteiger partial charge in [-0.25, -0.2) is 19.6 Å². The van der Waals surface area contributed by atoms with E-state index in [-0.39, 0.29) is 0 Å². The molecular formula is C24H22N6O3. The third-order valence-electron chi connectivity index (χ3n) is 4.81. The Hall–Kier alpha value is -4.66. The van der Waals surface area contributed by atoms with E-state index in [1.807, 2.05) is 30.5 Å². The molecule has 4 aromatic rings. The van der Waals surface area contributed by atoms with Crippen LogP contribution in [0.5, 0.6) is 0 Å². The van der Waals surface area contributed by atoms with Gasteiger partial charge in [-0.05, 0) is 61.0 Å². The number of aromatic amines is 1. The Balaban J connectivity index is 1.43. The highest BCUT2D eigenvalue weighted by atomic mass is 16.5. The number of aromatic nitrogens is 3. The lowest BCUT2D eigenvalue weighted by atomic mass is 10.1. The van der Waals surface area contributed by atoms with Gasteiger partial charge in [0.05, 0.1) is 24.1 Å². The van der Waals surface area contributed by atoms with Crippen LogP contribution in [0.15, 0.2) is 73.1 Å². The van der Waals surface area contributed by atoms with Gasteiger partial charge in [0.25, 0.3) is 0 Å². The summed E-state index contributed by atoms with van der Waals surface area (Å²) in [6.45, 7) is 1.80. The van der Waals surface area contributed by atoms with Gasteiger partial charge in [-0.1, -0.05) is 12.1 Å². The summed E-state index contributed by atoms with van der Waals surface area (Å²) in [5.41, 5.74) is 4.55. The van der Waals surface area contributed by atoms with Crippen molar-refractivity contribution in [3.63, 3.8) is 0 Å². The molecule has 0 aliphatic heterocycles. The Morgan fingerprint density at radius 2 is 1.73 bits per heavy atom. The van der Waals surface area contributed by atoms with Crippen LogP contribution in [0.25, 0.3) is 11.4 Å². The van der Waals surface area contributed by atoms with Gasteiger partial charge in [0.2, 0.25) is 5.95 Å². The van der Waals surface area contributed by atoms with Crippen LogP contribution >= 0.6 is 0 Å². The summed E-state index contributed by atoms with van der Waals surface area (Å²) in [5.74, 6) is -0.0309. The second-order valence-electron chi connectivity index (χ2n) is 7.16. The molecule has 0 aliphatic carbocycles. The van der Waals surface area contributed by atoms with Crippen LogP contribution in [0.1, 0.15) is 15.9 Å². The Morgan fingerprint density at radius 3 is 2.48 bits per heavy atom. The maximum atomic E-state index is 12.5. The van der Waals surface area contributed by atoms with E-state index in [0.717, 1.165) is 17.0 Å². The van der Waals surface area contributed by atoms with Gasteiger partial charge in [-0.3, -0.25) is 0 Å². The Kier molecular flexibility index (Phi) is 6.31. The Labute approximate surface area is 190 Å². The minimum atomic E-state index is -0.460. The second kappa shape index (κ2) is 9.65. The third-order valence-corrected chi connectivity index (χ3v) is 4.81. The van der Waals surface area contributed by atoms with Crippen molar-refractivity contribution in [2.24, 2.45) is 0 Å². The largest absolute Gasteiger partial charge is 0.465 e. The summed E-state index contributed by atoms with van der Waals surface area (Å²) < 4.78 is 4.78. The molecule has 0 unspecified atom stereocenters. The first-order valence-corrected chi connectivity index (χ1v) is 10.1. The molecule has 4 N–H and O–H groups in total. The summed E-state index contributed by atoms with van der Waals surface area (Å²) in [4.78, 5) is 36.2. The van der Waals surface area contributed by atoms with Crippen LogP contribution in [-0.2, 0) is 4.74 Å². The van der Waals surface area contributed by atoms with Crippen LogP contribution in [0.4, 0.5) is 27.8 Å². The number of methoxy groups -OCH3 is 1. The number of carbonyl (C=O) groups is 2. The van der Waals surface area contributed by atoms with E-state index < -0.39 is 12.0 Å². The highest BCUT2D eigenvalue weighted by Gasteiger charge is 2.12. The topological polar surface area (TPSA) is 121 Å². The number of H-pyrrole nitrogens is 1. The molecule has 0 fully saturated rings. The fourth-order valence-electron chi connectivity index (χ4n) is 3.19. The molecule has 9 heteroatoms. The van der Waals surface area contributed by atoms with Crippen LogP contribution < -0.4 is 16.0 Å². The van der Waals surface area contributed by atoms with Crippen molar-refractivity contribution in [2.45, 2.75) is 6.92 Å². The van der Waals surface area contributed by atoms with E-state index in [9.17, 15) is 9.59 Å². The lowest BCUT2D eigenvalue weighted by molar-refractivity contribution is 0.0600. The number of ether oxygens (including phenoxy) is 1. The Bertz CT molecular complexity index is 1290. The number of hydrogen-bond acceptors (Lipinski definition) is 6. The van der Waals surface area contributed by atoms with Gasteiger partial charge in [0.1, 0.15) is 0 Å². The number of aryl methyl sites for hydroxylation is 1. The minimum absolute atomic E-state index is 0.392. The molecule has 2 aromatic heterocycles. The van der Waals surface area contributed by atoms with Crippen molar-refractivity contribution >= 4 is 35.0 Å². The monoisotopic (exact) mass is 442 g/mol. The van der Waals surface area contributed by atoms with Crippen LogP contribution in [0, 0.1) is 6.92 Å². The minimum Gasteiger partial charge on any atom is -0.465 e. The van der Waals surface area contributed by atoms with Gasteiger partial charge in [-0.15, -0.1) is 0 Å². The molecule has 2 amide bonds. The van der Waals surface area contributed by atoms with Crippen LogP contribution in [0.2, 0.25) is 0 Å². The molecule has 0 bridgehead atoms. The normalized spacial score (nSPS) is 10.4. The molecule has 4 rings (SSSR count). The zero-order chi connectivity index (χ0) is 23.2. The molecule has 9 nitrogen and oxygen atoms in total. The fraction of sp³-hybridized carbons (Fsp3) is 0.0833. The number of carbonyl (C=O) groups excluding carboxylic acids is 2. The summed E-state index contributed by atoms with van der Waals surface area (Å²) in [5, 5.41) is 8.64. The summed E-state index contributed by atoms with van der Waals surface area (Å²) in [6, 6.07) is 17.4. The summed E-state index contributed by atoms with van der Waals surface area (Å²) in [6.07, 6.45) is 3.50. The van der Waals surface area contributed by atoms with Crippen LogP contribution in [-0.4, -0.2) is 34.1 Å². The van der Waals surface area contributed by atoms with Crippen molar-refractivity contribution in [3.05, 3.63) is 84.2 Å². The highest BCUT2D eigenvalue weighted by Crippen LogP contribution is 2.21. The van der Waals surface area contributed by atoms with Crippen LogP contribution in [0.3, 0.4) is 0 Å². The van der Waals surface area contributed by atoms with Crippen molar-refractivity contribution < 1.29 is 14.3 Å². The lowest BCUT2D eigenvalue weighted by Gasteiger charge is -2.11. The SMILES string of the molecule is COC(=O)c1cc(NC(=O)Nc2cccc(Nc3nccc(-c4ccc[nH]4)n3)c2)ccc1C. The van der Waals surface area contributed by atoms with E-state index in [2.05, 4.69) is 30.9 Å². The van der Waals surface area contributed by atoms with E-state index in [1.165, 1.54) is 7.11 Å². The molecule has 0 aliphatic rings. The number of anilines is 4. The molecule has 0 spiro atoms. The number of rotatable bonds is 6. The first-order chi connectivity index (χ1) is 16.0. The van der Waals surface area contributed by atoms with Gasteiger partial charge >= 0.3 is 12.0 Å². The molecule has 0 saturated carbocycles. The lowest BCUT2D eigenvalue weighted by Crippen LogP contribution is -2.19. The van der Waals surface area contributed by atoms with Gasteiger partial charge in [-0.2, -0.15) is 0 Å². The van der Waals surface area contributed by atoms with Gasteiger partial charge in [0.15, 0.2) is 0 Å². The molecule has 0 saturated heterocycles. The highest BCUT2D eigenvalue weighted by molar-refractivity contribution is 6.01. The van der Waals surface area contributed by atoms with E-state index in [4.69, 9.17) is 4.74 Å². The Morgan fingerprint density at radius 1 is 0.939 bits per heavy atom. The standard InChI is InChI=1S/C24H22N6O3/c1-15-8-9-18(14-19(15)22(31)33-2)29-24(32)28-17-6-3-5-16(13-17)27-23-26-12-10-21(30-23)20-7-4-11-25-20/h3-14,25H,1-2H3,(H,26,27,30)(H2,28,29,32). The molecule has 0 atom stereocenters. The average molecular weight is 442 g/mol. The number of urea groups is 1. The van der Waals surface area contributed by atoms with Crippen molar-refractivity contribution in [2.75, 3.05) is 23.1 Å². The number of nitrogens with one attached hydrogen (secondary N) is 4. The number of amides is 2. The smallest absolute Gasteiger partial charge is 0.338 e. The van der Waals surface area contributed by atoms with Crippen molar-refractivity contribution in [3.8, 4) is 11.4 Å². The molecule has 33 heavy (non-hydrogen) atoms. The first-order valence-electron chi connectivity index (χ1n) is 10.1. The quantitative estimate of drug-likeness (QED) is 0.313. The molecular weight excluding hydrogens is 420 g/mol. The predicted molar refractivity (Wildman–Crippen MR) is 127 cm³/mol. The molecule has 0 radical (unpaired) electrons. The fourth-order valence-corrected chi connectivity index (χ4v) is 3.19. The van der Waals surface area contributed by atoms with E-state index >= 15 is 0 Å². The molecule has 2 heterocycles. The average Bonchev–Trinajstić information content (AvgIpc) is 3.35. The maximum Gasteiger partial charge on any atom is 0.338 e. The van der Waals surface area contributed by atoms with Crippen molar-refractivity contribution in [1.82, 2.24) is 15.0 Å². The number of esters is 1. The van der Waals surface area contributed by atoms with Gasteiger partial charge < -0.3 is 25.7 Å². The number of nitrogens with zero attached hydrogens (tertiary/aromatic N) is 2. The predicted octanol–water partition coefficient (Wildman–Crippen LogP) is 4.95. The first kappa shape index (κ1) is 21.6. The number of hydrogen-bond donors (Lipinski definition) is 4. The van der Waals surface area contributed by atoms with Crippen molar-refractivity contribution in [1.29, 1.82) is 0 Å². The molecule has 166 valence electrons. The molecule has 2 aromatic carbocycles. The number of benzene rings is 2. The summed E-state index contributed by atoms with van der Waals surface area (Å²) in [7, 11) is 1.32. The zero-order valence-electron chi connectivity index (χ0n) is 18.0. The van der Waals surface area contributed by atoms with E-state index in [0.29, 0.717) is 28.6 Å². The maximum absolute atomic E-state index is 12.5. The second-order valence-corrected chi connectivity index (χ2v) is 7.16. The third kappa shape index (κ3) is 5.34. The van der Waals surface area contributed by atoms with E-state index in [1.54, 1.807) is 49.5 Å². The van der Waals surface area contributed by atoms with Gasteiger partial charge in [0, 0.05) is 29.5 Å².